The number of hydrogen-bond donors (Lipinski definition) is 1. The molecular weight excluding hydrogens is 522 g/mol. The Morgan fingerprint density at radius 1 is 0.972 bits per heavy atom. The van der Waals surface area contributed by atoms with Gasteiger partial charge in [-0.05, 0) is 36.6 Å². The van der Waals surface area contributed by atoms with E-state index < -0.39 is 11.0 Å². The number of nitrogens with zero attached hydrogens (tertiary/aromatic N) is 2. The molecule has 0 spiro atoms. The van der Waals surface area contributed by atoms with Crippen LogP contribution in [-0.2, 0) is 29.0 Å². The molecule has 0 heterocycles. The van der Waals surface area contributed by atoms with Crippen molar-refractivity contribution in [2.75, 3.05) is 0 Å². The second kappa shape index (κ2) is 13.0. The second-order valence-corrected chi connectivity index (χ2v) is 9.65. The number of benzene rings is 3. The molecule has 2 atom stereocenters. The Bertz CT molecular complexity index is 1180. The molecular formula is C28H30BrN3O4. The first-order chi connectivity index (χ1) is 17.3. The minimum Gasteiger partial charge on any atom is -0.352 e. The first kappa shape index (κ1) is 27.1. The number of halogens is 1. The van der Waals surface area contributed by atoms with Gasteiger partial charge >= 0.3 is 0 Å². The van der Waals surface area contributed by atoms with Crippen molar-refractivity contribution in [3.63, 3.8) is 0 Å². The molecule has 1 N–H and O–H groups in total. The Hall–Kier alpha value is -3.52. The third kappa shape index (κ3) is 7.49. The van der Waals surface area contributed by atoms with Crippen molar-refractivity contribution >= 4 is 33.4 Å². The molecule has 8 heteroatoms. The topological polar surface area (TPSA) is 92.6 Å². The first-order valence-corrected chi connectivity index (χ1v) is 12.7. The van der Waals surface area contributed by atoms with Crippen LogP contribution in [-0.4, -0.2) is 33.7 Å². The van der Waals surface area contributed by atoms with E-state index >= 15 is 0 Å². The molecule has 7 nitrogen and oxygen atoms in total. The highest BCUT2D eigenvalue weighted by Gasteiger charge is 2.32. The largest absolute Gasteiger partial charge is 0.352 e. The van der Waals surface area contributed by atoms with Crippen molar-refractivity contribution in [3.05, 3.63) is 110 Å². The molecule has 0 fully saturated rings. The van der Waals surface area contributed by atoms with Crippen LogP contribution in [0.4, 0.5) is 5.69 Å². The van der Waals surface area contributed by atoms with E-state index in [1.165, 1.54) is 6.07 Å². The van der Waals surface area contributed by atoms with E-state index in [1.54, 1.807) is 23.1 Å². The number of hydrogen-bond acceptors (Lipinski definition) is 4. The van der Waals surface area contributed by atoms with E-state index in [9.17, 15) is 19.7 Å². The maximum absolute atomic E-state index is 13.8. The quantitative estimate of drug-likeness (QED) is 0.253. The Kier molecular flexibility index (Phi) is 9.76. The number of rotatable bonds is 11. The summed E-state index contributed by atoms with van der Waals surface area (Å²) in [5.74, 6) is -0.603. The Labute approximate surface area is 219 Å². The van der Waals surface area contributed by atoms with E-state index in [-0.39, 0.29) is 36.5 Å². The molecule has 0 radical (unpaired) electrons. The minimum atomic E-state index is -0.791. The number of nitrogens with one attached hydrogen (secondary N) is 1. The molecule has 0 saturated heterocycles. The number of carbonyl (C=O) groups is 2. The zero-order chi connectivity index (χ0) is 26.1. The molecule has 0 saturated carbocycles. The maximum atomic E-state index is 13.8. The number of amides is 2. The van der Waals surface area contributed by atoms with Crippen molar-refractivity contribution in [2.24, 2.45) is 0 Å². The van der Waals surface area contributed by atoms with Gasteiger partial charge in [-0.3, -0.25) is 19.7 Å². The van der Waals surface area contributed by atoms with Gasteiger partial charge in [-0.2, -0.15) is 0 Å². The molecule has 3 rings (SSSR count). The fourth-order valence-electron chi connectivity index (χ4n) is 3.88. The number of carbonyl (C=O) groups excluding carboxylic acids is 2. The van der Waals surface area contributed by atoms with Crippen LogP contribution in [0, 0.1) is 10.1 Å². The predicted molar refractivity (Wildman–Crippen MR) is 143 cm³/mol. The van der Waals surface area contributed by atoms with Crippen LogP contribution >= 0.6 is 15.9 Å². The van der Waals surface area contributed by atoms with Crippen LogP contribution in [0.5, 0.6) is 0 Å². The van der Waals surface area contributed by atoms with Crippen LogP contribution in [0.2, 0.25) is 0 Å². The van der Waals surface area contributed by atoms with Gasteiger partial charge in [-0.15, -0.1) is 0 Å². The lowest BCUT2D eigenvalue weighted by Gasteiger charge is -2.32. The Morgan fingerprint density at radius 3 is 2.25 bits per heavy atom. The minimum absolute atomic E-state index is 0.0596. The van der Waals surface area contributed by atoms with E-state index in [0.29, 0.717) is 12.0 Å². The van der Waals surface area contributed by atoms with Gasteiger partial charge in [0.05, 0.1) is 11.3 Å². The number of nitro benzene ring substituents is 1. The SMILES string of the molecule is CC[C@@H](C)NC(=O)[C@H](Cc1ccccc1)N(Cc1ccc(Br)cc1)C(=O)Cc1ccccc1[N+](=O)[O-]. The van der Waals surface area contributed by atoms with Gasteiger partial charge in [0, 0.05) is 35.1 Å². The van der Waals surface area contributed by atoms with Crippen LogP contribution in [0.3, 0.4) is 0 Å². The van der Waals surface area contributed by atoms with Crippen molar-refractivity contribution in [2.45, 2.75) is 51.7 Å². The van der Waals surface area contributed by atoms with Gasteiger partial charge in [0.25, 0.3) is 5.69 Å². The van der Waals surface area contributed by atoms with Gasteiger partial charge in [0.2, 0.25) is 11.8 Å². The fourth-order valence-corrected chi connectivity index (χ4v) is 4.15. The van der Waals surface area contributed by atoms with Crippen LogP contribution in [0.15, 0.2) is 83.3 Å². The van der Waals surface area contributed by atoms with E-state index in [0.717, 1.165) is 22.0 Å². The summed E-state index contributed by atoms with van der Waals surface area (Å²) in [5.41, 5.74) is 1.97. The predicted octanol–water partition coefficient (Wildman–Crippen LogP) is 5.45. The molecule has 3 aromatic carbocycles. The van der Waals surface area contributed by atoms with Gasteiger partial charge in [-0.1, -0.05) is 83.5 Å². The van der Waals surface area contributed by atoms with Gasteiger partial charge in [-0.25, -0.2) is 0 Å². The number of para-hydroxylation sites is 1. The number of nitro groups is 1. The summed E-state index contributed by atoms with van der Waals surface area (Å²) in [6.07, 6.45) is 0.887. The molecule has 188 valence electrons. The van der Waals surface area contributed by atoms with Gasteiger partial charge in [0.1, 0.15) is 6.04 Å². The summed E-state index contributed by atoms with van der Waals surface area (Å²) < 4.78 is 0.902. The Morgan fingerprint density at radius 2 is 1.61 bits per heavy atom. The summed E-state index contributed by atoms with van der Waals surface area (Å²) >= 11 is 3.43. The summed E-state index contributed by atoms with van der Waals surface area (Å²) in [6, 6.07) is 22.4. The van der Waals surface area contributed by atoms with Crippen LogP contribution in [0.25, 0.3) is 0 Å². The average molecular weight is 552 g/mol. The summed E-state index contributed by atoms with van der Waals surface area (Å²) in [7, 11) is 0. The highest BCUT2D eigenvalue weighted by molar-refractivity contribution is 9.10. The van der Waals surface area contributed by atoms with E-state index in [1.807, 2.05) is 68.4 Å². The second-order valence-electron chi connectivity index (χ2n) is 8.73. The van der Waals surface area contributed by atoms with E-state index in [2.05, 4.69) is 21.2 Å². The zero-order valence-corrected chi connectivity index (χ0v) is 22.0. The lowest BCUT2D eigenvalue weighted by molar-refractivity contribution is -0.385. The molecule has 2 amide bonds. The first-order valence-electron chi connectivity index (χ1n) is 11.9. The molecule has 0 aliphatic heterocycles. The zero-order valence-electron chi connectivity index (χ0n) is 20.4. The van der Waals surface area contributed by atoms with Crippen LogP contribution < -0.4 is 5.32 Å². The summed E-state index contributed by atoms with van der Waals surface area (Å²) in [4.78, 5) is 39.9. The maximum Gasteiger partial charge on any atom is 0.273 e. The fraction of sp³-hybridized carbons (Fsp3) is 0.286. The van der Waals surface area contributed by atoms with Gasteiger partial charge < -0.3 is 10.2 Å². The van der Waals surface area contributed by atoms with Crippen molar-refractivity contribution < 1.29 is 14.5 Å². The highest BCUT2D eigenvalue weighted by Crippen LogP contribution is 2.22. The molecule has 36 heavy (non-hydrogen) atoms. The summed E-state index contributed by atoms with van der Waals surface area (Å²) in [6.45, 7) is 4.10. The molecule has 0 unspecified atom stereocenters. The molecule has 0 aromatic heterocycles. The van der Waals surface area contributed by atoms with Crippen molar-refractivity contribution in [1.29, 1.82) is 0 Å². The normalized spacial score (nSPS) is 12.4. The monoisotopic (exact) mass is 551 g/mol. The lowest BCUT2D eigenvalue weighted by Crippen LogP contribution is -2.52. The standard InChI is InChI=1S/C28H30BrN3O4/c1-3-20(2)30-28(34)26(17-21-9-5-4-6-10-21)31(19-22-13-15-24(29)16-14-22)27(33)18-23-11-7-8-12-25(23)32(35)36/h4-16,20,26H,3,17-19H2,1-2H3,(H,30,34)/t20-,26+/m1/s1. The third-order valence-corrected chi connectivity index (χ3v) is 6.60. The van der Waals surface area contributed by atoms with Crippen LogP contribution in [0.1, 0.15) is 37.0 Å². The molecule has 0 bridgehead atoms. The third-order valence-electron chi connectivity index (χ3n) is 6.07. The van der Waals surface area contributed by atoms with Crippen molar-refractivity contribution in [3.8, 4) is 0 Å². The molecule has 3 aromatic rings. The summed E-state index contributed by atoms with van der Waals surface area (Å²) in [5, 5.41) is 14.6. The average Bonchev–Trinajstić information content (AvgIpc) is 2.87. The van der Waals surface area contributed by atoms with Crippen molar-refractivity contribution in [1.82, 2.24) is 10.2 Å². The molecule has 0 aliphatic rings. The Balaban J connectivity index is 2.01. The highest BCUT2D eigenvalue weighted by atomic mass is 79.9. The molecule has 0 aliphatic carbocycles. The smallest absolute Gasteiger partial charge is 0.273 e. The van der Waals surface area contributed by atoms with E-state index in [4.69, 9.17) is 0 Å². The van der Waals surface area contributed by atoms with Gasteiger partial charge in [0.15, 0.2) is 0 Å². The lowest BCUT2D eigenvalue weighted by atomic mass is 10.0.